The molecule has 0 saturated heterocycles. The van der Waals surface area contributed by atoms with Crippen molar-refractivity contribution in [3.63, 3.8) is 0 Å². The van der Waals surface area contributed by atoms with E-state index in [0.717, 1.165) is 23.3 Å². The lowest BCUT2D eigenvalue weighted by Crippen LogP contribution is -2.51. The third-order valence-corrected chi connectivity index (χ3v) is 6.15. The van der Waals surface area contributed by atoms with Gasteiger partial charge in [0.05, 0.1) is 5.75 Å². The maximum Gasteiger partial charge on any atom is 0.243 e. The van der Waals surface area contributed by atoms with E-state index in [1.807, 2.05) is 64.1 Å². The molecule has 0 bridgehead atoms. The smallest absolute Gasteiger partial charge is 0.243 e. The molecule has 0 saturated carbocycles. The lowest BCUT2D eigenvalue weighted by Gasteiger charge is -2.31. The van der Waals surface area contributed by atoms with Gasteiger partial charge in [0.1, 0.15) is 6.04 Å². The van der Waals surface area contributed by atoms with Crippen LogP contribution in [0.1, 0.15) is 50.3 Å². The first-order valence-corrected chi connectivity index (χ1v) is 11.9. The minimum absolute atomic E-state index is 0.00332. The number of hydrogen-bond donors (Lipinski definition) is 1. The van der Waals surface area contributed by atoms with Gasteiger partial charge in [0.25, 0.3) is 0 Å². The average Bonchev–Trinajstić information content (AvgIpc) is 2.74. The molecule has 162 valence electrons. The zero-order valence-corrected chi connectivity index (χ0v) is 19.4. The lowest BCUT2D eigenvalue weighted by atomic mass is 10.1. The largest absolute Gasteiger partial charge is 0.352 e. The highest BCUT2D eigenvalue weighted by Crippen LogP contribution is 2.18. The van der Waals surface area contributed by atoms with Crippen LogP contribution in [-0.4, -0.2) is 34.6 Å². The summed E-state index contributed by atoms with van der Waals surface area (Å²) < 4.78 is 0. The summed E-state index contributed by atoms with van der Waals surface area (Å²) in [6, 6.07) is 17.9. The van der Waals surface area contributed by atoms with Crippen LogP contribution in [0, 0.1) is 6.92 Å². The number of rotatable bonds is 11. The molecule has 0 aliphatic carbocycles. The maximum absolute atomic E-state index is 13.2. The van der Waals surface area contributed by atoms with Crippen molar-refractivity contribution < 1.29 is 9.59 Å². The van der Waals surface area contributed by atoms with E-state index >= 15 is 0 Å². The highest BCUT2D eigenvalue weighted by molar-refractivity contribution is 7.99. The second-order valence-corrected chi connectivity index (χ2v) is 8.72. The number of hydrogen-bond acceptors (Lipinski definition) is 3. The number of benzene rings is 2. The zero-order chi connectivity index (χ0) is 21.9. The van der Waals surface area contributed by atoms with Crippen LogP contribution in [-0.2, 0) is 21.9 Å². The van der Waals surface area contributed by atoms with E-state index in [0.29, 0.717) is 18.7 Å². The Kier molecular flexibility index (Phi) is 9.95. The fourth-order valence-electron chi connectivity index (χ4n) is 3.28. The van der Waals surface area contributed by atoms with Crippen molar-refractivity contribution in [3.05, 3.63) is 71.3 Å². The van der Waals surface area contributed by atoms with E-state index < -0.39 is 6.04 Å². The average molecular weight is 427 g/mol. The van der Waals surface area contributed by atoms with Crippen LogP contribution in [0.4, 0.5) is 0 Å². The van der Waals surface area contributed by atoms with Crippen molar-refractivity contribution in [2.24, 2.45) is 0 Å². The van der Waals surface area contributed by atoms with Crippen molar-refractivity contribution in [2.75, 3.05) is 5.75 Å². The van der Waals surface area contributed by atoms with Crippen LogP contribution in [0.3, 0.4) is 0 Å². The van der Waals surface area contributed by atoms with Crippen molar-refractivity contribution in [1.82, 2.24) is 10.2 Å². The number of nitrogens with one attached hydrogen (secondary N) is 1. The SMILES string of the molecule is CCC(C)NC(=O)C(CC)N(Cc1cccc(C)c1)C(=O)CSCc1ccccc1. The number of carbonyl (C=O) groups is 2. The Morgan fingerprint density at radius 3 is 2.33 bits per heavy atom. The monoisotopic (exact) mass is 426 g/mol. The number of carbonyl (C=O) groups excluding carboxylic acids is 2. The third kappa shape index (κ3) is 7.52. The van der Waals surface area contributed by atoms with Crippen LogP contribution in [0.25, 0.3) is 0 Å². The highest BCUT2D eigenvalue weighted by atomic mass is 32.2. The molecule has 2 atom stereocenters. The summed E-state index contributed by atoms with van der Waals surface area (Å²) in [6.07, 6.45) is 1.45. The highest BCUT2D eigenvalue weighted by Gasteiger charge is 2.29. The molecule has 0 spiro atoms. The van der Waals surface area contributed by atoms with Gasteiger partial charge in [-0.05, 0) is 37.8 Å². The lowest BCUT2D eigenvalue weighted by molar-refractivity contribution is -0.139. The molecule has 0 aliphatic heterocycles. The number of thioether (sulfide) groups is 1. The summed E-state index contributed by atoms with van der Waals surface area (Å²) in [5, 5.41) is 3.06. The summed E-state index contributed by atoms with van der Waals surface area (Å²) in [4.78, 5) is 27.9. The van der Waals surface area contributed by atoms with Gasteiger partial charge in [-0.3, -0.25) is 9.59 Å². The van der Waals surface area contributed by atoms with Crippen LogP contribution in [0.15, 0.2) is 54.6 Å². The molecule has 2 amide bonds. The van der Waals surface area contributed by atoms with E-state index in [1.54, 1.807) is 16.7 Å². The predicted molar refractivity (Wildman–Crippen MR) is 126 cm³/mol. The Bertz CT molecular complexity index is 810. The fraction of sp³-hybridized carbons (Fsp3) is 0.440. The Morgan fingerprint density at radius 2 is 1.70 bits per heavy atom. The molecule has 4 nitrogen and oxygen atoms in total. The van der Waals surface area contributed by atoms with Gasteiger partial charge < -0.3 is 10.2 Å². The molecule has 0 aliphatic rings. The molecule has 30 heavy (non-hydrogen) atoms. The van der Waals surface area contributed by atoms with Gasteiger partial charge >= 0.3 is 0 Å². The number of nitrogens with zero attached hydrogens (tertiary/aromatic N) is 1. The Hall–Kier alpha value is -2.27. The molecular formula is C25H34N2O2S. The van der Waals surface area contributed by atoms with E-state index in [2.05, 4.69) is 23.5 Å². The Morgan fingerprint density at radius 1 is 1.00 bits per heavy atom. The van der Waals surface area contributed by atoms with Gasteiger partial charge in [0.15, 0.2) is 0 Å². The van der Waals surface area contributed by atoms with Gasteiger partial charge in [0.2, 0.25) is 11.8 Å². The van der Waals surface area contributed by atoms with E-state index in [9.17, 15) is 9.59 Å². The van der Waals surface area contributed by atoms with Crippen LogP contribution in [0.5, 0.6) is 0 Å². The molecule has 2 unspecified atom stereocenters. The number of aryl methyl sites for hydroxylation is 1. The summed E-state index contributed by atoms with van der Waals surface area (Å²) in [7, 11) is 0. The first-order valence-electron chi connectivity index (χ1n) is 10.7. The van der Waals surface area contributed by atoms with Gasteiger partial charge in [0, 0.05) is 18.3 Å². The van der Waals surface area contributed by atoms with E-state index in [4.69, 9.17) is 0 Å². The van der Waals surface area contributed by atoms with E-state index in [1.165, 1.54) is 5.56 Å². The Balaban J connectivity index is 2.13. The molecule has 2 aromatic carbocycles. The minimum atomic E-state index is -0.468. The topological polar surface area (TPSA) is 49.4 Å². The summed E-state index contributed by atoms with van der Waals surface area (Å²) in [6.45, 7) is 8.49. The molecule has 1 N–H and O–H groups in total. The molecular weight excluding hydrogens is 392 g/mol. The molecule has 0 fully saturated rings. The van der Waals surface area contributed by atoms with Gasteiger partial charge in [-0.25, -0.2) is 0 Å². The summed E-state index contributed by atoms with van der Waals surface area (Å²) >= 11 is 1.59. The van der Waals surface area contributed by atoms with Gasteiger partial charge in [-0.1, -0.05) is 74.0 Å². The van der Waals surface area contributed by atoms with E-state index in [-0.39, 0.29) is 17.9 Å². The Labute approximate surface area is 185 Å². The number of amides is 2. The summed E-state index contributed by atoms with van der Waals surface area (Å²) in [5.74, 6) is 1.07. The molecule has 2 aromatic rings. The van der Waals surface area contributed by atoms with Crippen molar-refractivity contribution in [2.45, 2.75) is 64.9 Å². The van der Waals surface area contributed by atoms with Crippen molar-refractivity contribution >= 4 is 23.6 Å². The van der Waals surface area contributed by atoms with Gasteiger partial charge in [-0.15, -0.1) is 11.8 Å². The normalized spacial score (nSPS) is 12.8. The standard InChI is InChI=1S/C25H34N2O2S/c1-5-20(4)26-25(29)23(6-2)27(16-22-14-10-11-19(3)15-22)24(28)18-30-17-21-12-8-7-9-13-21/h7-15,20,23H,5-6,16-18H2,1-4H3,(H,26,29). The first kappa shape index (κ1) is 24.0. The first-order chi connectivity index (χ1) is 14.4. The molecule has 0 heterocycles. The summed E-state index contributed by atoms with van der Waals surface area (Å²) in [5.41, 5.74) is 3.39. The molecule has 0 aromatic heterocycles. The predicted octanol–water partition coefficient (Wildman–Crippen LogP) is 4.95. The maximum atomic E-state index is 13.2. The second kappa shape index (κ2) is 12.4. The van der Waals surface area contributed by atoms with Crippen LogP contribution < -0.4 is 5.32 Å². The third-order valence-electron chi connectivity index (χ3n) is 5.16. The molecule has 5 heteroatoms. The van der Waals surface area contributed by atoms with Gasteiger partial charge in [-0.2, -0.15) is 0 Å². The fourth-order valence-corrected chi connectivity index (χ4v) is 4.15. The van der Waals surface area contributed by atoms with Crippen LogP contribution >= 0.6 is 11.8 Å². The zero-order valence-electron chi connectivity index (χ0n) is 18.6. The molecule has 0 radical (unpaired) electrons. The van der Waals surface area contributed by atoms with Crippen LogP contribution in [0.2, 0.25) is 0 Å². The minimum Gasteiger partial charge on any atom is -0.352 e. The van der Waals surface area contributed by atoms with Crippen molar-refractivity contribution in [3.8, 4) is 0 Å². The molecule has 2 rings (SSSR count). The quantitative estimate of drug-likeness (QED) is 0.553. The second-order valence-electron chi connectivity index (χ2n) is 7.73. The van der Waals surface area contributed by atoms with Crippen molar-refractivity contribution in [1.29, 1.82) is 0 Å².